The zero-order valence-corrected chi connectivity index (χ0v) is 16.0. The first kappa shape index (κ1) is 19.7. The minimum Gasteiger partial charge on any atom is -0.496 e. The summed E-state index contributed by atoms with van der Waals surface area (Å²) in [5.41, 5.74) is 0.779. The maximum atomic E-state index is 12.0. The lowest BCUT2D eigenvalue weighted by Crippen LogP contribution is -2.39. The molecule has 1 atom stereocenters. The minimum atomic E-state index is -0.853. The summed E-state index contributed by atoms with van der Waals surface area (Å²) in [4.78, 5) is 25.5. The lowest BCUT2D eigenvalue weighted by molar-refractivity contribution is -0.139. The second kappa shape index (κ2) is 9.20. The van der Waals surface area contributed by atoms with Crippen LogP contribution in [-0.4, -0.2) is 24.0 Å². The smallest absolute Gasteiger partial charge is 0.309 e. The predicted molar refractivity (Wildman–Crippen MR) is 104 cm³/mol. The van der Waals surface area contributed by atoms with Gasteiger partial charge in [-0.1, -0.05) is 18.2 Å². The highest BCUT2D eigenvalue weighted by molar-refractivity contribution is 7.12. The third kappa shape index (κ3) is 4.79. The maximum absolute atomic E-state index is 12.0. The molecular formula is C20H20N2O5S. The van der Waals surface area contributed by atoms with Gasteiger partial charge in [-0.05, 0) is 30.3 Å². The van der Waals surface area contributed by atoms with E-state index < -0.39 is 17.9 Å². The van der Waals surface area contributed by atoms with Crippen LogP contribution in [-0.2, 0) is 22.7 Å². The van der Waals surface area contributed by atoms with E-state index in [0.717, 1.165) is 10.4 Å². The Kier molecular flexibility index (Phi) is 6.46. The number of hydrogen-bond donors (Lipinski definition) is 3. The Labute approximate surface area is 166 Å². The average Bonchev–Trinajstić information content (AvgIpc) is 3.42. The van der Waals surface area contributed by atoms with E-state index in [0.29, 0.717) is 16.4 Å². The number of methoxy groups -OCH3 is 1. The number of nitrogens with one attached hydrogen (secondary N) is 2. The van der Waals surface area contributed by atoms with Crippen LogP contribution in [0.25, 0.3) is 0 Å². The summed E-state index contributed by atoms with van der Waals surface area (Å²) < 4.78 is 10.4. The molecule has 0 aliphatic rings. The number of aliphatic hydroxyl groups is 1. The van der Waals surface area contributed by atoms with Gasteiger partial charge in [-0.2, -0.15) is 0 Å². The van der Waals surface area contributed by atoms with Gasteiger partial charge in [0.25, 0.3) is 0 Å². The van der Waals surface area contributed by atoms with Crippen LogP contribution < -0.4 is 15.4 Å². The molecule has 2 aromatic heterocycles. The number of benzene rings is 1. The van der Waals surface area contributed by atoms with Crippen LogP contribution in [0.1, 0.15) is 27.2 Å². The number of amides is 2. The van der Waals surface area contributed by atoms with Crippen molar-refractivity contribution in [2.75, 3.05) is 7.11 Å². The van der Waals surface area contributed by atoms with Crippen molar-refractivity contribution in [3.63, 3.8) is 0 Å². The van der Waals surface area contributed by atoms with Crippen molar-refractivity contribution in [3.05, 3.63) is 75.9 Å². The molecule has 8 heteroatoms. The molecule has 0 bridgehead atoms. The third-order valence-electron chi connectivity index (χ3n) is 4.03. The molecule has 0 saturated heterocycles. The zero-order chi connectivity index (χ0) is 19.9. The number of carbonyl (C=O) groups excluding carboxylic acids is 2. The van der Waals surface area contributed by atoms with E-state index in [-0.39, 0.29) is 13.1 Å². The Morgan fingerprint density at radius 2 is 1.82 bits per heavy atom. The molecule has 3 aromatic rings. The molecule has 0 unspecified atom stereocenters. The highest BCUT2D eigenvalue weighted by Crippen LogP contribution is 2.28. The molecule has 146 valence electrons. The number of ether oxygens (including phenoxy) is 1. The fraction of sp³-hybridized carbons (Fsp3) is 0.200. The molecule has 0 spiro atoms. The van der Waals surface area contributed by atoms with Crippen LogP contribution in [0.2, 0.25) is 0 Å². The molecular weight excluding hydrogens is 380 g/mol. The molecule has 0 radical (unpaired) electrons. The van der Waals surface area contributed by atoms with Crippen LogP contribution in [0, 0.1) is 0 Å². The number of aliphatic hydroxyl groups excluding tert-OH is 1. The molecule has 28 heavy (non-hydrogen) atoms. The highest BCUT2D eigenvalue weighted by atomic mass is 32.1. The van der Waals surface area contributed by atoms with Crippen LogP contribution >= 0.6 is 11.3 Å². The molecule has 0 fully saturated rings. The molecule has 2 amide bonds. The fourth-order valence-electron chi connectivity index (χ4n) is 2.58. The number of carbonyl (C=O) groups is 2. The number of thiophene rings is 1. The third-order valence-corrected chi connectivity index (χ3v) is 5.16. The molecule has 0 saturated carbocycles. The van der Waals surface area contributed by atoms with E-state index in [1.807, 2.05) is 18.2 Å². The Hall–Kier alpha value is -3.10. The van der Waals surface area contributed by atoms with E-state index in [4.69, 9.17) is 9.15 Å². The van der Waals surface area contributed by atoms with Crippen LogP contribution in [0.3, 0.4) is 0 Å². The van der Waals surface area contributed by atoms with Crippen molar-refractivity contribution in [2.45, 2.75) is 19.2 Å². The SMILES string of the molecule is COc1ccccc1CNC(=O)C(=O)NCc1ccc([C@@H](O)c2ccco2)s1. The Bertz CT molecular complexity index is 936. The molecule has 7 nitrogen and oxygen atoms in total. The highest BCUT2D eigenvalue weighted by Gasteiger charge is 2.17. The van der Waals surface area contributed by atoms with Crippen LogP contribution in [0.4, 0.5) is 0 Å². The largest absolute Gasteiger partial charge is 0.496 e. The minimum absolute atomic E-state index is 0.189. The monoisotopic (exact) mass is 400 g/mol. The van der Waals surface area contributed by atoms with Gasteiger partial charge in [0, 0.05) is 21.9 Å². The van der Waals surface area contributed by atoms with Gasteiger partial charge in [0.05, 0.1) is 19.9 Å². The summed E-state index contributed by atoms with van der Waals surface area (Å²) in [6, 6.07) is 14.2. The quantitative estimate of drug-likeness (QED) is 0.529. The van der Waals surface area contributed by atoms with Crippen molar-refractivity contribution in [3.8, 4) is 5.75 Å². The predicted octanol–water partition coefficient (Wildman–Crippen LogP) is 2.36. The molecule has 0 aliphatic carbocycles. The van der Waals surface area contributed by atoms with Crippen LogP contribution in [0.15, 0.2) is 59.2 Å². The Balaban J connectivity index is 1.49. The molecule has 0 aliphatic heterocycles. The second-order valence-corrected chi connectivity index (χ2v) is 7.10. The number of hydrogen-bond acceptors (Lipinski definition) is 6. The van der Waals surface area contributed by atoms with E-state index in [9.17, 15) is 14.7 Å². The molecule has 3 rings (SSSR count). The maximum Gasteiger partial charge on any atom is 0.309 e. The first-order valence-electron chi connectivity index (χ1n) is 8.56. The first-order valence-corrected chi connectivity index (χ1v) is 9.38. The van der Waals surface area contributed by atoms with Gasteiger partial charge in [0.2, 0.25) is 0 Å². The number of rotatable bonds is 7. The van der Waals surface area contributed by atoms with Gasteiger partial charge in [-0.25, -0.2) is 0 Å². The van der Waals surface area contributed by atoms with Crippen molar-refractivity contribution in [1.29, 1.82) is 0 Å². The first-order chi connectivity index (χ1) is 13.6. The molecule has 1 aromatic carbocycles. The van der Waals surface area contributed by atoms with Crippen LogP contribution in [0.5, 0.6) is 5.75 Å². The van der Waals surface area contributed by atoms with Gasteiger partial charge < -0.3 is 24.9 Å². The Morgan fingerprint density at radius 3 is 2.54 bits per heavy atom. The number of para-hydroxylation sites is 1. The number of furan rings is 1. The van der Waals surface area contributed by atoms with E-state index in [1.54, 1.807) is 37.4 Å². The van der Waals surface area contributed by atoms with E-state index in [1.165, 1.54) is 17.6 Å². The fourth-order valence-corrected chi connectivity index (χ4v) is 3.52. The van der Waals surface area contributed by atoms with Gasteiger partial charge in [-0.3, -0.25) is 9.59 Å². The summed E-state index contributed by atoms with van der Waals surface area (Å²) in [5.74, 6) is -0.354. The summed E-state index contributed by atoms with van der Waals surface area (Å²) in [6.07, 6.45) is 0.644. The topological polar surface area (TPSA) is 101 Å². The van der Waals surface area contributed by atoms with Crippen molar-refractivity contribution < 1.29 is 23.8 Å². The van der Waals surface area contributed by atoms with Gasteiger partial charge in [0.15, 0.2) is 0 Å². The standard InChI is InChI=1S/C20H20N2O5S/c1-26-15-6-3-2-5-13(15)11-21-19(24)20(25)22-12-14-8-9-17(28-14)18(23)16-7-4-10-27-16/h2-10,18,23H,11-12H2,1H3,(H,21,24)(H,22,25)/t18-/m0/s1. The van der Waals surface area contributed by atoms with Crippen molar-refractivity contribution in [1.82, 2.24) is 10.6 Å². The van der Waals surface area contributed by atoms with Crippen molar-refractivity contribution >= 4 is 23.2 Å². The molecule has 3 N–H and O–H groups in total. The summed E-state index contributed by atoms with van der Waals surface area (Å²) >= 11 is 1.34. The average molecular weight is 400 g/mol. The van der Waals surface area contributed by atoms with Crippen molar-refractivity contribution in [2.24, 2.45) is 0 Å². The van der Waals surface area contributed by atoms with Gasteiger partial charge in [0.1, 0.15) is 17.6 Å². The summed E-state index contributed by atoms with van der Waals surface area (Å²) in [7, 11) is 1.55. The zero-order valence-electron chi connectivity index (χ0n) is 15.2. The normalized spacial score (nSPS) is 11.6. The van der Waals surface area contributed by atoms with Gasteiger partial charge >= 0.3 is 11.8 Å². The summed E-state index contributed by atoms with van der Waals surface area (Å²) in [6.45, 7) is 0.380. The molecule has 2 heterocycles. The van der Waals surface area contributed by atoms with Gasteiger partial charge in [-0.15, -0.1) is 11.3 Å². The lowest BCUT2D eigenvalue weighted by atomic mass is 10.2. The second-order valence-electron chi connectivity index (χ2n) is 5.90. The van der Waals surface area contributed by atoms with E-state index in [2.05, 4.69) is 10.6 Å². The Morgan fingerprint density at radius 1 is 1.07 bits per heavy atom. The van der Waals surface area contributed by atoms with E-state index >= 15 is 0 Å². The summed E-state index contributed by atoms with van der Waals surface area (Å²) in [5, 5.41) is 15.4. The lowest BCUT2D eigenvalue weighted by Gasteiger charge is -2.09.